The maximum absolute atomic E-state index is 13.1. The predicted molar refractivity (Wildman–Crippen MR) is 107 cm³/mol. The Hall–Kier alpha value is -2.33. The maximum atomic E-state index is 13.1. The van der Waals surface area contributed by atoms with Crippen LogP contribution in [0.3, 0.4) is 0 Å². The van der Waals surface area contributed by atoms with Gasteiger partial charge in [-0.25, -0.2) is 0 Å². The lowest BCUT2D eigenvalue weighted by atomic mass is 9.98. The van der Waals surface area contributed by atoms with Crippen LogP contribution in [0, 0.1) is 19.8 Å². The molecule has 1 unspecified atom stereocenters. The van der Waals surface area contributed by atoms with Gasteiger partial charge >= 0.3 is 0 Å². The molecule has 4 rings (SSSR count). The second-order valence-corrected chi connectivity index (χ2v) is 8.00. The number of hydrogen-bond acceptors (Lipinski definition) is 2. The van der Waals surface area contributed by atoms with Gasteiger partial charge in [-0.2, -0.15) is 0 Å². The summed E-state index contributed by atoms with van der Waals surface area (Å²) in [6.45, 7) is 5.68. The minimum atomic E-state index is -0.306. The zero-order valence-electron chi connectivity index (χ0n) is 15.7. The Bertz CT molecular complexity index is 901. The molecule has 0 radical (unpaired) electrons. The highest BCUT2D eigenvalue weighted by Gasteiger charge is 2.39. The predicted octanol–water partition coefficient (Wildman–Crippen LogP) is 3.89. The third-order valence-electron chi connectivity index (χ3n) is 5.58. The molecule has 0 aromatic heterocycles. The van der Waals surface area contributed by atoms with Crippen LogP contribution in [0.4, 0.5) is 5.69 Å². The fourth-order valence-electron chi connectivity index (χ4n) is 4.28. The van der Waals surface area contributed by atoms with Crippen LogP contribution >= 0.6 is 11.6 Å². The molecule has 2 aliphatic rings. The number of anilines is 1. The summed E-state index contributed by atoms with van der Waals surface area (Å²) in [5.41, 5.74) is 5.29. The van der Waals surface area contributed by atoms with Crippen molar-refractivity contribution in [1.82, 2.24) is 4.90 Å². The fraction of sp³-hybridized carbons (Fsp3) is 0.364. The average molecular weight is 383 g/mol. The molecular weight excluding hydrogens is 360 g/mol. The quantitative estimate of drug-likeness (QED) is 0.790. The molecule has 2 heterocycles. The van der Waals surface area contributed by atoms with Gasteiger partial charge in [0, 0.05) is 26.1 Å². The number of amides is 2. The van der Waals surface area contributed by atoms with Gasteiger partial charge in [-0.15, -0.1) is 0 Å². The molecule has 2 aromatic rings. The van der Waals surface area contributed by atoms with Crippen molar-refractivity contribution in [2.45, 2.75) is 33.2 Å². The summed E-state index contributed by atoms with van der Waals surface area (Å²) >= 11 is 6.42. The Morgan fingerprint density at radius 3 is 2.63 bits per heavy atom. The molecule has 0 bridgehead atoms. The molecule has 1 fully saturated rings. The molecule has 2 aliphatic heterocycles. The summed E-state index contributed by atoms with van der Waals surface area (Å²) in [6, 6.07) is 12.1. The van der Waals surface area contributed by atoms with Crippen LogP contribution in [0.2, 0.25) is 5.02 Å². The van der Waals surface area contributed by atoms with Crippen LogP contribution in [-0.4, -0.2) is 29.8 Å². The molecular formula is C22H23ClN2O2. The molecule has 5 heteroatoms. The Morgan fingerprint density at radius 2 is 1.89 bits per heavy atom. The van der Waals surface area contributed by atoms with E-state index in [-0.39, 0.29) is 24.2 Å². The van der Waals surface area contributed by atoms with Crippen LogP contribution < -0.4 is 4.90 Å². The molecule has 1 atom stereocenters. The summed E-state index contributed by atoms with van der Waals surface area (Å²) < 4.78 is 0. The van der Waals surface area contributed by atoms with E-state index in [2.05, 4.69) is 12.1 Å². The highest BCUT2D eigenvalue weighted by atomic mass is 35.5. The molecule has 1 saturated heterocycles. The van der Waals surface area contributed by atoms with E-state index in [9.17, 15) is 9.59 Å². The summed E-state index contributed by atoms with van der Waals surface area (Å²) in [6.07, 6.45) is 1.12. The van der Waals surface area contributed by atoms with Gasteiger partial charge in [-0.1, -0.05) is 41.9 Å². The van der Waals surface area contributed by atoms with E-state index in [1.807, 2.05) is 43.0 Å². The average Bonchev–Trinajstić information content (AvgIpc) is 3.01. The first-order valence-electron chi connectivity index (χ1n) is 9.36. The van der Waals surface area contributed by atoms with Gasteiger partial charge in [-0.05, 0) is 48.6 Å². The van der Waals surface area contributed by atoms with Gasteiger partial charge in [0.15, 0.2) is 0 Å². The number of nitrogens with zero attached hydrogens (tertiary/aromatic N) is 2. The second kappa shape index (κ2) is 7.01. The molecule has 0 saturated carbocycles. The third-order valence-corrected chi connectivity index (χ3v) is 5.87. The summed E-state index contributed by atoms with van der Waals surface area (Å²) in [7, 11) is 0. The van der Waals surface area contributed by atoms with Crippen LogP contribution in [-0.2, 0) is 22.6 Å². The lowest BCUT2D eigenvalue weighted by Crippen LogP contribution is -2.40. The van der Waals surface area contributed by atoms with E-state index < -0.39 is 0 Å². The largest absolute Gasteiger partial charge is 0.338 e. The van der Waals surface area contributed by atoms with Crippen molar-refractivity contribution in [2.24, 2.45) is 5.92 Å². The number of fused-ring (bicyclic) bond motifs is 1. The number of aryl methyl sites for hydroxylation is 2. The lowest BCUT2D eigenvalue weighted by Gasteiger charge is -2.31. The summed E-state index contributed by atoms with van der Waals surface area (Å²) in [5.74, 6) is -0.264. The van der Waals surface area contributed by atoms with Crippen molar-refractivity contribution >= 4 is 29.1 Å². The summed E-state index contributed by atoms with van der Waals surface area (Å²) in [5, 5.41) is 0.570. The van der Waals surface area contributed by atoms with Crippen LogP contribution in [0.1, 0.15) is 28.7 Å². The zero-order valence-corrected chi connectivity index (χ0v) is 16.4. The SMILES string of the molecule is Cc1cc(C)c(N2CC(C(=O)N3CCc4ccccc4C3)CC2=O)c(Cl)c1. The highest BCUT2D eigenvalue weighted by molar-refractivity contribution is 6.34. The maximum Gasteiger partial charge on any atom is 0.228 e. The topological polar surface area (TPSA) is 40.6 Å². The van der Waals surface area contributed by atoms with Gasteiger partial charge < -0.3 is 9.80 Å². The van der Waals surface area contributed by atoms with E-state index in [4.69, 9.17) is 11.6 Å². The van der Waals surface area contributed by atoms with Crippen molar-refractivity contribution in [3.8, 4) is 0 Å². The number of carbonyl (C=O) groups excluding carboxylic acids is 2. The third kappa shape index (κ3) is 3.34. The first kappa shape index (κ1) is 18.1. The molecule has 4 nitrogen and oxygen atoms in total. The lowest BCUT2D eigenvalue weighted by molar-refractivity contribution is -0.136. The van der Waals surface area contributed by atoms with Crippen molar-refractivity contribution in [1.29, 1.82) is 0 Å². The van der Waals surface area contributed by atoms with Crippen molar-refractivity contribution < 1.29 is 9.59 Å². The molecule has 140 valence electrons. The van der Waals surface area contributed by atoms with Gasteiger partial charge in [0.05, 0.1) is 16.6 Å². The zero-order chi connectivity index (χ0) is 19.1. The Morgan fingerprint density at radius 1 is 1.15 bits per heavy atom. The molecule has 2 aromatic carbocycles. The normalized spacial score (nSPS) is 19.4. The molecule has 0 aliphatic carbocycles. The minimum absolute atomic E-state index is 0.0281. The number of rotatable bonds is 2. The van der Waals surface area contributed by atoms with Crippen LogP contribution in [0.25, 0.3) is 0 Å². The molecule has 0 spiro atoms. The smallest absolute Gasteiger partial charge is 0.228 e. The molecule has 27 heavy (non-hydrogen) atoms. The Kier molecular flexibility index (Phi) is 4.68. The van der Waals surface area contributed by atoms with E-state index in [0.29, 0.717) is 24.7 Å². The highest BCUT2D eigenvalue weighted by Crippen LogP contribution is 2.36. The molecule has 2 amide bonds. The van der Waals surface area contributed by atoms with Gasteiger partial charge in [-0.3, -0.25) is 9.59 Å². The van der Waals surface area contributed by atoms with Gasteiger partial charge in [0.1, 0.15) is 0 Å². The Labute approximate surface area is 164 Å². The summed E-state index contributed by atoms with van der Waals surface area (Å²) in [4.78, 5) is 29.3. The number of benzene rings is 2. The molecule has 0 N–H and O–H groups in total. The van der Waals surface area contributed by atoms with E-state index in [1.54, 1.807) is 4.90 Å². The van der Waals surface area contributed by atoms with E-state index in [0.717, 1.165) is 23.2 Å². The van der Waals surface area contributed by atoms with Crippen molar-refractivity contribution in [2.75, 3.05) is 18.0 Å². The van der Waals surface area contributed by atoms with E-state index in [1.165, 1.54) is 11.1 Å². The number of halogens is 1. The second-order valence-electron chi connectivity index (χ2n) is 7.60. The van der Waals surface area contributed by atoms with Crippen molar-refractivity contribution in [3.05, 3.63) is 63.7 Å². The standard InChI is InChI=1S/C22H23ClN2O2/c1-14-9-15(2)21(19(23)10-14)25-13-18(11-20(25)26)22(27)24-8-7-16-5-3-4-6-17(16)12-24/h3-6,9-10,18H,7-8,11-13H2,1-2H3. The first-order valence-corrected chi connectivity index (χ1v) is 9.74. The first-order chi connectivity index (χ1) is 12.9. The number of carbonyl (C=O) groups is 2. The fourth-order valence-corrected chi connectivity index (χ4v) is 4.70. The number of hydrogen-bond donors (Lipinski definition) is 0. The van der Waals surface area contributed by atoms with Crippen molar-refractivity contribution in [3.63, 3.8) is 0 Å². The monoisotopic (exact) mass is 382 g/mol. The van der Waals surface area contributed by atoms with E-state index >= 15 is 0 Å². The minimum Gasteiger partial charge on any atom is -0.338 e. The van der Waals surface area contributed by atoms with Gasteiger partial charge in [0.2, 0.25) is 11.8 Å². The Balaban J connectivity index is 1.52. The van der Waals surface area contributed by atoms with Crippen LogP contribution in [0.5, 0.6) is 0 Å². The van der Waals surface area contributed by atoms with Crippen LogP contribution in [0.15, 0.2) is 36.4 Å². The van der Waals surface area contributed by atoms with Gasteiger partial charge in [0.25, 0.3) is 0 Å².